The molecular weight excluding hydrogens is 396 g/mol. The van der Waals surface area contributed by atoms with Crippen LogP contribution in [0.25, 0.3) is 10.8 Å². The molecule has 27 heavy (non-hydrogen) atoms. The van der Waals surface area contributed by atoms with Crippen LogP contribution in [0.15, 0.2) is 24.3 Å². The molecular formula is C15H12F4N2O5S. The van der Waals surface area contributed by atoms with Gasteiger partial charge in [0.15, 0.2) is 5.82 Å². The van der Waals surface area contributed by atoms with Gasteiger partial charge >= 0.3 is 16.4 Å². The third-order valence-electron chi connectivity index (χ3n) is 3.73. The molecule has 1 fully saturated rings. The number of halogens is 4. The molecule has 3 rings (SSSR count). The number of carbonyl (C=O) groups excluding carboxylic acids is 1. The van der Waals surface area contributed by atoms with Crippen LogP contribution in [0, 0.1) is 5.82 Å². The van der Waals surface area contributed by atoms with Crippen molar-refractivity contribution in [1.82, 2.24) is 4.72 Å². The molecule has 0 unspecified atom stereocenters. The van der Waals surface area contributed by atoms with Crippen molar-refractivity contribution in [3.05, 3.63) is 30.1 Å². The highest BCUT2D eigenvalue weighted by molar-refractivity contribution is 7.92. The molecule has 0 aliphatic carbocycles. The Kier molecular flexibility index (Phi) is 4.54. The molecule has 2 aromatic rings. The number of nitrogens with one attached hydrogen (secondary N) is 1. The summed E-state index contributed by atoms with van der Waals surface area (Å²) in [5, 5.41) is 9.99. The second-order valence-corrected chi connectivity index (χ2v) is 7.29. The molecule has 0 saturated carbocycles. The monoisotopic (exact) mass is 408 g/mol. The van der Waals surface area contributed by atoms with Crippen LogP contribution in [0.1, 0.15) is 6.42 Å². The Labute approximate surface area is 150 Å². The molecule has 1 amide bonds. The van der Waals surface area contributed by atoms with E-state index in [0.717, 1.165) is 12.1 Å². The standard InChI is InChI=1S/C15H12F4N2O5S/c16-13-10-6-9(26-4-3-15(17,18)19)2-1-8(10)5-11(22)14(13)21-7-12(23)20-27(21,24)25/h1-2,5-6,22H,3-4,7H2,(H,20,23). The zero-order chi connectivity index (χ0) is 20.0. The predicted molar refractivity (Wildman–Crippen MR) is 86.1 cm³/mol. The van der Waals surface area contributed by atoms with E-state index in [1.54, 1.807) is 4.72 Å². The number of phenols is 1. The van der Waals surface area contributed by atoms with Crippen LogP contribution in [0.2, 0.25) is 0 Å². The highest BCUT2D eigenvalue weighted by atomic mass is 32.2. The van der Waals surface area contributed by atoms with Gasteiger partial charge in [-0.05, 0) is 23.6 Å². The average Bonchev–Trinajstić information content (AvgIpc) is 2.79. The fourth-order valence-electron chi connectivity index (χ4n) is 2.56. The first kappa shape index (κ1) is 19.0. The summed E-state index contributed by atoms with van der Waals surface area (Å²) in [5.41, 5.74) is -0.742. The van der Waals surface area contributed by atoms with E-state index in [0.29, 0.717) is 4.31 Å². The number of benzene rings is 2. The van der Waals surface area contributed by atoms with Gasteiger partial charge in [0.25, 0.3) is 5.91 Å². The summed E-state index contributed by atoms with van der Waals surface area (Å²) in [6.07, 6.45) is -5.61. The summed E-state index contributed by atoms with van der Waals surface area (Å²) in [6, 6.07) is 4.75. The Morgan fingerprint density at radius 1 is 1.26 bits per heavy atom. The second kappa shape index (κ2) is 6.44. The van der Waals surface area contributed by atoms with E-state index in [1.165, 1.54) is 12.1 Å². The molecule has 1 saturated heterocycles. The molecule has 0 aromatic heterocycles. The molecule has 2 N–H and O–H groups in total. The van der Waals surface area contributed by atoms with Crippen LogP contribution in [-0.2, 0) is 15.0 Å². The fourth-order valence-corrected chi connectivity index (χ4v) is 3.73. The molecule has 1 aliphatic rings. The van der Waals surface area contributed by atoms with Crippen LogP contribution in [0.4, 0.5) is 23.2 Å². The maximum Gasteiger partial charge on any atom is 0.392 e. The van der Waals surface area contributed by atoms with Gasteiger partial charge in [-0.2, -0.15) is 21.6 Å². The second-order valence-electron chi connectivity index (χ2n) is 5.69. The van der Waals surface area contributed by atoms with Crippen molar-refractivity contribution >= 4 is 32.6 Å². The largest absolute Gasteiger partial charge is 0.506 e. The van der Waals surface area contributed by atoms with Crippen molar-refractivity contribution < 1.29 is 40.6 Å². The number of fused-ring (bicyclic) bond motifs is 1. The molecule has 0 bridgehead atoms. The van der Waals surface area contributed by atoms with Crippen molar-refractivity contribution in [2.75, 3.05) is 17.5 Å². The first-order valence-electron chi connectivity index (χ1n) is 7.46. The minimum Gasteiger partial charge on any atom is -0.506 e. The molecule has 146 valence electrons. The predicted octanol–water partition coefficient (Wildman–Crippen LogP) is 2.20. The number of carbonyl (C=O) groups is 1. The van der Waals surface area contributed by atoms with E-state index >= 15 is 0 Å². The zero-order valence-electron chi connectivity index (χ0n) is 13.4. The van der Waals surface area contributed by atoms with E-state index < -0.39 is 59.1 Å². The van der Waals surface area contributed by atoms with Crippen molar-refractivity contribution in [1.29, 1.82) is 0 Å². The van der Waals surface area contributed by atoms with Crippen molar-refractivity contribution in [3.63, 3.8) is 0 Å². The number of anilines is 1. The van der Waals surface area contributed by atoms with Gasteiger partial charge in [0.1, 0.15) is 23.7 Å². The van der Waals surface area contributed by atoms with Crippen molar-refractivity contribution in [2.45, 2.75) is 12.6 Å². The van der Waals surface area contributed by atoms with Gasteiger partial charge < -0.3 is 9.84 Å². The Bertz CT molecular complexity index is 1020. The Morgan fingerprint density at radius 3 is 2.56 bits per heavy atom. The van der Waals surface area contributed by atoms with E-state index in [2.05, 4.69) is 0 Å². The lowest BCUT2D eigenvalue weighted by Crippen LogP contribution is -2.30. The summed E-state index contributed by atoms with van der Waals surface area (Å²) in [6.45, 7) is -1.40. The van der Waals surface area contributed by atoms with Crippen molar-refractivity contribution in [2.24, 2.45) is 0 Å². The first-order chi connectivity index (χ1) is 12.5. The minimum atomic E-state index is -4.41. The summed E-state index contributed by atoms with van der Waals surface area (Å²) >= 11 is 0. The van der Waals surface area contributed by atoms with Gasteiger partial charge in [0.05, 0.1) is 13.0 Å². The molecule has 1 aliphatic heterocycles. The lowest BCUT2D eigenvalue weighted by molar-refractivity contribution is -0.139. The quantitative estimate of drug-likeness (QED) is 0.757. The Morgan fingerprint density at radius 2 is 1.96 bits per heavy atom. The normalized spacial score (nSPS) is 16.6. The molecule has 2 aromatic carbocycles. The van der Waals surface area contributed by atoms with E-state index in [4.69, 9.17) is 4.74 Å². The van der Waals surface area contributed by atoms with Gasteiger partial charge in [0, 0.05) is 5.39 Å². The minimum absolute atomic E-state index is 0.0687. The van der Waals surface area contributed by atoms with Gasteiger partial charge in [-0.1, -0.05) is 6.07 Å². The van der Waals surface area contributed by atoms with Gasteiger partial charge in [-0.3, -0.25) is 4.79 Å². The SMILES string of the molecule is O=C1CN(c2c(O)cc3ccc(OCCC(F)(F)F)cc3c2F)S(=O)(=O)N1. The molecule has 0 atom stereocenters. The Hall–Kier alpha value is -2.76. The maximum atomic E-state index is 14.9. The summed E-state index contributed by atoms with van der Waals surface area (Å²) < 4.78 is 82.2. The molecule has 0 radical (unpaired) electrons. The van der Waals surface area contributed by atoms with E-state index in [-0.39, 0.29) is 16.5 Å². The topological polar surface area (TPSA) is 95.9 Å². The zero-order valence-corrected chi connectivity index (χ0v) is 14.2. The van der Waals surface area contributed by atoms with Crippen LogP contribution in [-0.4, -0.2) is 38.8 Å². The highest BCUT2D eigenvalue weighted by Gasteiger charge is 2.37. The maximum absolute atomic E-state index is 14.9. The number of amides is 1. The van der Waals surface area contributed by atoms with Gasteiger partial charge in [-0.25, -0.2) is 13.4 Å². The number of hydrogen-bond donors (Lipinski definition) is 2. The third-order valence-corrected chi connectivity index (χ3v) is 5.11. The van der Waals surface area contributed by atoms with E-state index in [9.17, 15) is 35.9 Å². The number of nitrogens with zero attached hydrogens (tertiary/aromatic N) is 1. The molecule has 12 heteroatoms. The highest BCUT2D eigenvalue weighted by Crippen LogP contribution is 2.39. The lowest BCUT2D eigenvalue weighted by atomic mass is 10.1. The molecule has 0 spiro atoms. The van der Waals surface area contributed by atoms with Crippen LogP contribution < -0.4 is 13.8 Å². The summed E-state index contributed by atoms with van der Waals surface area (Å²) in [4.78, 5) is 11.3. The lowest BCUT2D eigenvalue weighted by Gasteiger charge is -2.18. The number of alkyl halides is 3. The number of ether oxygens (including phenoxy) is 1. The number of phenolic OH excluding ortho intramolecular Hbond substituents is 1. The van der Waals surface area contributed by atoms with Crippen LogP contribution in [0.3, 0.4) is 0 Å². The number of rotatable bonds is 4. The first-order valence-corrected chi connectivity index (χ1v) is 8.90. The smallest absolute Gasteiger partial charge is 0.392 e. The summed E-state index contributed by atoms with van der Waals surface area (Å²) in [7, 11) is -4.37. The van der Waals surface area contributed by atoms with Crippen LogP contribution >= 0.6 is 0 Å². The van der Waals surface area contributed by atoms with E-state index in [1.807, 2.05) is 0 Å². The molecule has 7 nitrogen and oxygen atoms in total. The third kappa shape index (κ3) is 3.84. The van der Waals surface area contributed by atoms with Crippen LogP contribution in [0.5, 0.6) is 11.5 Å². The number of aromatic hydroxyl groups is 1. The summed E-state index contributed by atoms with van der Waals surface area (Å²) in [5.74, 6) is -2.85. The molecule has 1 heterocycles. The average molecular weight is 408 g/mol. The number of hydrogen-bond acceptors (Lipinski definition) is 5. The Balaban J connectivity index is 2.00. The van der Waals surface area contributed by atoms with Crippen molar-refractivity contribution in [3.8, 4) is 11.5 Å². The van der Waals surface area contributed by atoms with Gasteiger partial charge in [0.2, 0.25) is 0 Å². The van der Waals surface area contributed by atoms with Gasteiger partial charge in [-0.15, -0.1) is 0 Å². The fraction of sp³-hybridized carbons (Fsp3) is 0.267.